The first kappa shape index (κ1) is 12.4. The summed E-state index contributed by atoms with van der Waals surface area (Å²) in [5, 5.41) is 6.78. The molecule has 4 N–H and O–H groups in total. The van der Waals surface area contributed by atoms with Crippen LogP contribution < -0.4 is 16.4 Å². The smallest absolute Gasteiger partial charge is 0.243 e. The van der Waals surface area contributed by atoms with E-state index in [1.807, 2.05) is 0 Å². The Bertz CT molecular complexity index is 180. The first-order valence-corrected chi connectivity index (χ1v) is 5.59. The molecule has 1 rings (SSSR count). The lowest BCUT2D eigenvalue weighted by molar-refractivity contribution is -0.122. The van der Waals surface area contributed by atoms with Gasteiger partial charge in [0.25, 0.3) is 0 Å². The van der Waals surface area contributed by atoms with Crippen LogP contribution in [0.5, 0.6) is 0 Å². The van der Waals surface area contributed by atoms with Crippen molar-refractivity contribution in [2.24, 2.45) is 5.73 Å². The fraction of sp³-hybridized carbons (Fsp3) is 0.900. The number of hydrogen-bond donors (Lipinski definition) is 3. The third kappa shape index (κ3) is 6.43. The Kier molecular flexibility index (Phi) is 6.31. The van der Waals surface area contributed by atoms with Crippen LogP contribution in [0, 0.1) is 0 Å². The maximum atomic E-state index is 10.4. The van der Waals surface area contributed by atoms with Gasteiger partial charge < -0.3 is 21.1 Å². The molecule has 0 saturated carbocycles. The molecule has 1 amide bonds. The third-order valence-corrected chi connectivity index (χ3v) is 2.50. The van der Waals surface area contributed by atoms with Gasteiger partial charge in [0, 0.05) is 12.6 Å². The Morgan fingerprint density at radius 1 is 1.47 bits per heavy atom. The number of primary amides is 1. The predicted molar refractivity (Wildman–Crippen MR) is 58.5 cm³/mol. The molecule has 5 heteroatoms. The Hall–Kier alpha value is -0.650. The minimum Gasteiger partial charge on any atom is -0.370 e. The number of ether oxygens (including phenoxy) is 1. The number of nitrogens with two attached hydrogens (primary N) is 1. The van der Waals surface area contributed by atoms with Crippen LogP contribution in [0.3, 0.4) is 0 Å². The molecule has 1 atom stereocenters. The quantitative estimate of drug-likeness (QED) is 0.508. The molecule has 0 aromatic carbocycles. The van der Waals surface area contributed by atoms with Crippen molar-refractivity contribution in [1.82, 2.24) is 10.6 Å². The number of nitrogens with one attached hydrogen (secondary N) is 2. The van der Waals surface area contributed by atoms with E-state index in [1.165, 1.54) is 12.8 Å². The van der Waals surface area contributed by atoms with E-state index in [9.17, 15) is 4.79 Å². The van der Waals surface area contributed by atoms with Gasteiger partial charge in [-0.15, -0.1) is 0 Å². The van der Waals surface area contributed by atoms with Crippen molar-refractivity contribution in [3.63, 3.8) is 0 Å². The molecule has 0 aromatic rings. The lowest BCUT2D eigenvalue weighted by Gasteiger charge is -2.15. The minimum absolute atomic E-state index is 0.0217. The highest BCUT2D eigenvalue weighted by Crippen LogP contribution is 2.03. The second-order valence-electron chi connectivity index (χ2n) is 3.85. The zero-order chi connectivity index (χ0) is 10.9. The molecule has 1 aliphatic rings. The SMILES string of the molecule is NC(=O)COCCNC1CCCNCC1. The predicted octanol–water partition coefficient (Wildman–Crippen LogP) is -0.780. The van der Waals surface area contributed by atoms with Crippen molar-refractivity contribution in [3.8, 4) is 0 Å². The molecule has 15 heavy (non-hydrogen) atoms. The maximum Gasteiger partial charge on any atom is 0.243 e. The molecule has 0 bridgehead atoms. The average Bonchev–Trinajstić information content (AvgIpc) is 2.45. The van der Waals surface area contributed by atoms with Gasteiger partial charge in [0.15, 0.2) is 0 Å². The summed E-state index contributed by atoms with van der Waals surface area (Å²) >= 11 is 0. The van der Waals surface area contributed by atoms with Gasteiger partial charge in [-0.25, -0.2) is 0 Å². The molecule has 1 heterocycles. The van der Waals surface area contributed by atoms with Gasteiger partial charge >= 0.3 is 0 Å². The zero-order valence-electron chi connectivity index (χ0n) is 9.13. The zero-order valence-corrected chi connectivity index (χ0v) is 9.13. The number of rotatable bonds is 6. The second kappa shape index (κ2) is 7.62. The highest BCUT2D eigenvalue weighted by molar-refractivity contribution is 5.74. The van der Waals surface area contributed by atoms with Crippen molar-refractivity contribution in [3.05, 3.63) is 0 Å². The van der Waals surface area contributed by atoms with E-state index in [2.05, 4.69) is 10.6 Å². The Morgan fingerprint density at radius 2 is 2.33 bits per heavy atom. The Labute approximate surface area is 90.7 Å². The van der Waals surface area contributed by atoms with Gasteiger partial charge in [0.05, 0.1) is 6.61 Å². The highest BCUT2D eigenvalue weighted by Gasteiger charge is 2.10. The molecule has 0 aromatic heterocycles. The summed E-state index contributed by atoms with van der Waals surface area (Å²) in [6.07, 6.45) is 3.60. The first-order chi connectivity index (χ1) is 7.29. The summed E-state index contributed by atoms with van der Waals surface area (Å²) in [5.74, 6) is -0.409. The lowest BCUT2D eigenvalue weighted by Crippen LogP contribution is -2.33. The molecule has 1 unspecified atom stereocenters. The van der Waals surface area contributed by atoms with Crippen LogP contribution in [-0.4, -0.2) is 44.8 Å². The van der Waals surface area contributed by atoms with Gasteiger partial charge in [-0.05, 0) is 32.4 Å². The first-order valence-electron chi connectivity index (χ1n) is 5.59. The maximum absolute atomic E-state index is 10.4. The second-order valence-corrected chi connectivity index (χ2v) is 3.85. The van der Waals surface area contributed by atoms with Crippen molar-refractivity contribution in [1.29, 1.82) is 0 Å². The molecule has 5 nitrogen and oxygen atoms in total. The summed E-state index contributed by atoms with van der Waals surface area (Å²) in [4.78, 5) is 10.4. The van der Waals surface area contributed by atoms with Crippen molar-refractivity contribution in [2.75, 3.05) is 32.8 Å². The Balaban J connectivity index is 1.96. The van der Waals surface area contributed by atoms with E-state index in [1.54, 1.807) is 0 Å². The van der Waals surface area contributed by atoms with Crippen LogP contribution in [-0.2, 0) is 9.53 Å². The largest absolute Gasteiger partial charge is 0.370 e. The van der Waals surface area contributed by atoms with E-state index in [4.69, 9.17) is 10.5 Å². The van der Waals surface area contributed by atoms with E-state index in [0.29, 0.717) is 12.6 Å². The highest BCUT2D eigenvalue weighted by atomic mass is 16.5. The summed E-state index contributed by atoms with van der Waals surface area (Å²) in [6.45, 7) is 3.56. The van der Waals surface area contributed by atoms with Crippen LogP contribution >= 0.6 is 0 Å². The Morgan fingerprint density at radius 3 is 3.13 bits per heavy atom. The van der Waals surface area contributed by atoms with Crippen LogP contribution in [0.15, 0.2) is 0 Å². The van der Waals surface area contributed by atoms with Crippen molar-refractivity contribution >= 4 is 5.91 Å². The van der Waals surface area contributed by atoms with E-state index >= 15 is 0 Å². The fourth-order valence-electron chi connectivity index (χ4n) is 1.73. The lowest BCUT2D eigenvalue weighted by atomic mass is 10.1. The summed E-state index contributed by atoms with van der Waals surface area (Å²) in [5.41, 5.74) is 4.95. The summed E-state index contributed by atoms with van der Waals surface area (Å²) < 4.78 is 5.06. The molecule has 0 radical (unpaired) electrons. The van der Waals surface area contributed by atoms with Crippen LogP contribution in [0.25, 0.3) is 0 Å². The average molecular weight is 215 g/mol. The molecule has 1 aliphatic heterocycles. The van der Waals surface area contributed by atoms with E-state index in [0.717, 1.165) is 26.1 Å². The topological polar surface area (TPSA) is 76.4 Å². The van der Waals surface area contributed by atoms with Crippen LogP contribution in [0.1, 0.15) is 19.3 Å². The summed E-state index contributed by atoms with van der Waals surface area (Å²) in [6, 6.07) is 0.581. The monoisotopic (exact) mass is 215 g/mol. The fourth-order valence-corrected chi connectivity index (χ4v) is 1.73. The molecule has 1 fully saturated rings. The van der Waals surface area contributed by atoms with E-state index in [-0.39, 0.29) is 6.61 Å². The number of carbonyl (C=O) groups excluding carboxylic acids is 1. The molecule has 0 spiro atoms. The van der Waals surface area contributed by atoms with Gasteiger partial charge in [0.1, 0.15) is 6.61 Å². The van der Waals surface area contributed by atoms with Gasteiger partial charge in [-0.3, -0.25) is 4.79 Å². The number of amides is 1. The number of hydrogen-bond acceptors (Lipinski definition) is 4. The summed E-state index contributed by atoms with van der Waals surface area (Å²) in [7, 11) is 0. The molecular formula is C10H21N3O2. The van der Waals surface area contributed by atoms with Crippen molar-refractivity contribution < 1.29 is 9.53 Å². The molecular weight excluding hydrogens is 194 g/mol. The van der Waals surface area contributed by atoms with Crippen LogP contribution in [0.4, 0.5) is 0 Å². The molecule has 1 saturated heterocycles. The van der Waals surface area contributed by atoms with E-state index < -0.39 is 5.91 Å². The molecule has 0 aliphatic carbocycles. The number of carbonyl (C=O) groups is 1. The van der Waals surface area contributed by atoms with Crippen molar-refractivity contribution in [2.45, 2.75) is 25.3 Å². The van der Waals surface area contributed by atoms with Gasteiger partial charge in [-0.2, -0.15) is 0 Å². The third-order valence-electron chi connectivity index (χ3n) is 2.50. The normalized spacial score (nSPS) is 22.3. The van der Waals surface area contributed by atoms with Crippen LogP contribution in [0.2, 0.25) is 0 Å². The van der Waals surface area contributed by atoms with Gasteiger partial charge in [-0.1, -0.05) is 0 Å². The molecule has 88 valence electrons. The standard InChI is InChI=1S/C10H21N3O2/c11-10(14)8-15-7-6-13-9-2-1-4-12-5-3-9/h9,12-13H,1-8H2,(H2,11,14). The van der Waals surface area contributed by atoms with Gasteiger partial charge in [0.2, 0.25) is 5.91 Å². The minimum atomic E-state index is -0.409.